The highest BCUT2D eigenvalue weighted by molar-refractivity contribution is 7.89. The van der Waals surface area contributed by atoms with Gasteiger partial charge in [-0.2, -0.15) is 0 Å². The van der Waals surface area contributed by atoms with Crippen LogP contribution in [0.25, 0.3) is 0 Å². The van der Waals surface area contributed by atoms with Gasteiger partial charge in [-0.3, -0.25) is 0 Å². The number of hydrogen-bond acceptors (Lipinski definition) is 3. The number of halogens is 1. The number of nitrogens with one attached hydrogen (secondary N) is 1. The molecule has 92 valence electrons. The van der Waals surface area contributed by atoms with Crippen LogP contribution < -0.4 is 10.5 Å². The molecule has 0 unspecified atom stereocenters. The van der Waals surface area contributed by atoms with Crippen LogP contribution in [-0.2, 0) is 10.0 Å². The highest BCUT2D eigenvalue weighted by Gasteiger charge is 2.16. The first kappa shape index (κ1) is 13.5. The molecule has 0 spiro atoms. The molecule has 1 rings (SSSR count). The van der Waals surface area contributed by atoms with Gasteiger partial charge in [0, 0.05) is 13.0 Å². The molecule has 6 heteroatoms. The summed E-state index contributed by atoms with van der Waals surface area (Å²) in [5.74, 6) is 4.81. The van der Waals surface area contributed by atoms with E-state index in [1.807, 2.05) is 0 Å². The van der Waals surface area contributed by atoms with Gasteiger partial charge in [-0.1, -0.05) is 0 Å². The molecule has 0 aliphatic rings. The van der Waals surface area contributed by atoms with Gasteiger partial charge in [-0.15, -0.1) is 11.8 Å². The predicted octanol–water partition coefficient (Wildman–Crippen LogP) is 1.10. The fourth-order valence-corrected chi connectivity index (χ4v) is 2.36. The lowest BCUT2D eigenvalue weighted by Crippen LogP contribution is -2.25. The van der Waals surface area contributed by atoms with Crippen molar-refractivity contribution in [3.05, 3.63) is 24.0 Å². The Morgan fingerprint density at radius 2 is 2.18 bits per heavy atom. The first-order valence-corrected chi connectivity index (χ1v) is 6.40. The van der Waals surface area contributed by atoms with Crippen molar-refractivity contribution in [1.82, 2.24) is 4.72 Å². The summed E-state index contributed by atoms with van der Waals surface area (Å²) in [4.78, 5) is -0.122. The van der Waals surface area contributed by atoms with E-state index in [0.717, 1.165) is 18.2 Å². The van der Waals surface area contributed by atoms with Crippen molar-refractivity contribution in [2.75, 3.05) is 12.3 Å². The Balaban J connectivity index is 2.85. The van der Waals surface area contributed by atoms with Crippen molar-refractivity contribution in [2.45, 2.75) is 18.2 Å². The third kappa shape index (κ3) is 3.73. The number of nitrogens with two attached hydrogens (primary N) is 1. The standard InChI is InChI=1S/C11H13FN2O2S/c1-2-3-4-7-14-17(15,16)11-6-5-9(12)8-10(11)13/h5-6,8,14H,4,7,13H2,1H3. The first-order chi connectivity index (χ1) is 7.97. The summed E-state index contributed by atoms with van der Waals surface area (Å²) in [6, 6.07) is 3.16. The molecule has 0 bridgehead atoms. The maximum Gasteiger partial charge on any atom is 0.242 e. The van der Waals surface area contributed by atoms with Crippen LogP contribution >= 0.6 is 0 Å². The van der Waals surface area contributed by atoms with Crippen LogP contribution in [0.2, 0.25) is 0 Å². The van der Waals surface area contributed by atoms with Gasteiger partial charge in [0.15, 0.2) is 0 Å². The normalized spacial score (nSPS) is 10.7. The highest BCUT2D eigenvalue weighted by Crippen LogP contribution is 2.18. The van der Waals surface area contributed by atoms with Crippen LogP contribution in [0.5, 0.6) is 0 Å². The number of sulfonamides is 1. The second-order valence-corrected chi connectivity index (χ2v) is 4.99. The van der Waals surface area contributed by atoms with Crippen LogP contribution in [0, 0.1) is 17.7 Å². The van der Waals surface area contributed by atoms with Gasteiger partial charge < -0.3 is 5.73 Å². The molecule has 0 fully saturated rings. The second kappa shape index (κ2) is 5.66. The minimum Gasteiger partial charge on any atom is -0.398 e. The molecule has 0 amide bonds. The van der Waals surface area contributed by atoms with E-state index in [1.54, 1.807) is 6.92 Å². The summed E-state index contributed by atoms with van der Waals surface area (Å²) in [5.41, 5.74) is 5.34. The maximum absolute atomic E-state index is 12.8. The average Bonchev–Trinajstić information content (AvgIpc) is 2.24. The van der Waals surface area contributed by atoms with Crippen molar-refractivity contribution in [3.63, 3.8) is 0 Å². The zero-order valence-electron chi connectivity index (χ0n) is 9.33. The highest BCUT2D eigenvalue weighted by atomic mass is 32.2. The molecule has 17 heavy (non-hydrogen) atoms. The van der Waals surface area contributed by atoms with Crippen LogP contribution in [0.4, 0.5) is 10.1 Å². The van der Waals surface area contributed by atoms with Crippen LogP contribution in [0.15, 0.2) is 23.1 Å². The van der Waals surface area contributed by atoms with Crippen molar-refractivity contribution < 1.29 is 12.8 Å². The summed E-state index contributed by atoms with van der Waals surface area (Å²) >= 11 is 0. The Kier molecular flexibility index (Phi) is 4.49. The molecule has 0 aliphatic carbocycles. The number of nitrogen functional groups attached to an aromatic ring is 1. The summed E-state index contributed by atoms with van der Waals surface area (Å²) in [6.45, 7) is 1.87. The minimum atomic E-state index is -3.70. The Labute approximate surface area is 100 Å². The van der Waals surface area contributed by atoms with Gasteiger partial charge in [0.2, 0.25) is 10.0 Å². The maximum atomic E-state index is 12.8. The molecule has 0 saturated carbocycles. The zero-order chi connectivity index (χ0) is 12.9. The Hall–Kier alpha value is -1.58. The molecule has 3 N–H and O–H groups in total. The van der Waals surface area contributed by atoms with E-state index < -0.39 is 15.8 Å². The third-order valence-electron chi connectivity index (χ3n) is 1.98. The lowest BCUT2D eigenvalue weighted by Gasteiger charge is -2.07. The van der Waals surface area contributed by atoms with E-state index in [0.29, 0.717) is 6.42 Å². The van der Waals surface area contributed by atoms with E-state index in [1.165, 1.54) is 0 Å². The minimum absolute atomic E-state index is 0.112. The van der Waals surface area contributed by atoms with Gasteiger partial charge in [-0.25, -0.2) is 17.5 Å². The third-order valence-corrected chi connectivity index (χ3v) is 3.52. The average molecular weight is 256 g/mol. The molecule has 0 aromatic heterocycles. The Morgan fingerprint density at radius 1 is 1.47 bits per heavy atom. The van der Waals surface area contributed by atoms with Crippen LogP contribution in [-0.4, -0.2) is 15.0 Å². The summed E-state index contributed by atoms with van der Waals surface area (Å²) in [7, 11) is -3.70. The Bertz CT molecular complexity index is 559. The van der Waals surface area contributed by atoms with Gasteiger partial charge in [0.25, 0.3) is 0 Å². The van der Waals surface area contributed by atoms with Gasteiger partial charge in [0.05, 0.1) is 5.69 Å². The fraction of sp³-hybridized carbons (Fsp3) is 0.273. The Morgan fingerprint density at radius 3 is 2.76 bits per heavy atom. The monoisotopic (exact) mass is 256 g/mol. The summed E-state index contributed by atoms with van der Waals surface area (Å²) in [6.07, 6.45) is 0.414. The molecule has 1 aromatic rings. The molecule has 0 saturated heterocycles. The molecule has 1 aromatic carbocycles. The van der Waals surface area contributed by atoms with E-state index in [4.69, 9.17) is 5.73 Å². The van der Waals surface area contributed by atoms with Crippen molar-refractivity contribution >= 4 is 15.7 Å². The number of rotatable bonds is 4. The summed E-state index contributed by atoms with van der Waals surface area (Å²) < 4.78 is 38.6. The molecule has 0 atom stereocenters. The number of anilines is 1. The van der Waals surface area contributed by atoms with Crippen LogP contribution in [0.1, 0.15) is 13.3 Å². The molecular formula is C11H13FN2O2S. The summed E-state index contributed by atoms with van der Waals surface area (Å²) in [5, 5.41) is 0. The fourth-order valence-electron chi connectivity index (χ4n) is 1.21. The second-order valence-electron chi connectivity index (χ2n) is 3.26. The lowest BCUT2D eigenvalue weighted by molar-refractivity contribution is 0.582. The zero-order valence-corrected chi connectivity index (χ0v) is 10.1. The molecular weight excluding hydrogens is 243 g/mol. The quantitative estimate of drug-likeness (QED) is 0.481. The van der Waals surface area contributed by atoms with Crippen molar-refractivity contribution in [1.29, 1.82) is 0 Å². The molecule has 0 aliphatic heterocycles. The van der Waals surface area contributed by atoms with Gasteiger partial charge in [0.1, 0.15) is 10.7 Å². The van der Waals surface area contributed by atoms with Crippen molar-refractivity contribution in [3.8, 4) is 11.8 Å². The van der Waals surface area contributed by atoms with Gasteiger partial charge >= 0.3 is 0 Å². The SMILES string of the molecule is CC#CCCNS(=O)(=O)c1ccc(F)cc1N. The topological polar surface area (TPSA) is 72.2 Å². The van der Waals surface area contributed by atoms with E-state index in [-0.39, 0.29) is 17.1 Å². The first-order valence-electron chi connectivity index (χ1n) is 4.91. The number of hydrogen-bond donors (Lipinski definition) is 2. The predicted molar refractivity (Wildman–Crippen MR) is 64.1 cm³/mol. The van der Waals surface area contributed by atoms with Crippen LogP contribution in [0.3, 0.4) is 0 Å². The molecule has 0 heterocycles. The van der Waals surface area contributed by atoms with E-state index in [2.05, 4.69) is 16.6 Å². The lowest BCUT2D eigenvalue weighted by atomic mass is 10.3. The largest absolute Gasteiger partial charge is 0.398 e. The van der Waals surface area contributed by atoms with Crippen molar-refractivity contribution in [2.24, 2.45) is 0 Å². The number of benzene rings is 1. The smallest absolute Gasteiger partial charge is 0.242 e. The van der Waals surface area contributed by atoms with E-state index in [9.17, 15) is 12.8 Å². The molecule has 4 nitrogen and oxygen atoms in total. The van der Waals surface area contributed by atoms with E-state index >= 15 is 0 Å². The van der Waals surface area contributed by atoms with Gasteiger partial charge in [-0.05, 0) is 25.1 Å². The molecule has 0 radical (unpaired) electrons.